The first-order valence-electron chi connectivity index (χ1n) is 38.1. The molecule has 0 saturated carbocycles. The van der Waals surface area contributed by atoms with Crippen LogP contribution in [0.25, 0.3) is 0 Å². The van der Waals surface area contributed by atoms with Crippen LogP contribution in [-0.2, 0) is 73.4 Å². The fourth-order valence-corrected chi connectivity index (χ4v) is 11.6. The second-order valence-corrected chi connectivity index (χ2v) is 32.6. The van der Waals surface area contributed by atoms with Crippen LogP contribution in [0.2, 0.25) is 0 Å². The summed E-state index contributed by atoms with van der Waals surface area (Å²) in [6.07, 6.45) is -3.74. The number of benzene rings is 7. The van der Waals surface area contributed by atoms with Gasteiger partial charge in [0.15, 0.2) is 0 Å². The Kier molecular flexibility index (Phi) is 31.7. The van der Waals surface area contributed by atoms with Gasteiger partial charge < -0.3 is 87.9 Å². The third kappa shape index (κ3) is 31.3. The van der Waals surface area contributed by atoms with E-state index in [2.05, 4.69) is 63.8 Å². The minimum absolute atomic E-state index is 0.0273. The van der Waals surface area contributed by atoms with Crippen molar-refractivity contribution >= 4 is 112 Å². The Labute approximate surface area is 680 Å². The normalized spacial score (nSPS) is 13.0. The van der Waals surface area contributed by atoms with E-state index in [1.54, 1.807) is 232 Å². The van der Waals surface area contributed by atoms with Gasteiger partial charge in [0.05, 0.1) is 5.56 Å². The number of rotatable bonds is 31. The summed E-state index contributed by atoms with van der Waals surface area (Å²) in [6.45, 7) is 26.2. The molecule has 7 rings (SSSR count). The Hall–Kier alpha value is -13.2. The first-order valence-corrected chi connectivity index (χ1v) is 38.1. The van der Waals surface area contributed by atoms with Gasteiger partial charge in [-0.2, -0.15) is 0 Å². The molecular formula is C87H106N12O18. The van der Waals surface area contributed by atoms with E-state index < -0.39 is 154 Å². The van der Waals surface area contributed by atoms with Crippen molar-refractivity contribution in [1.82, 2.24) is 31.9 Å². The maximum Gasteiger partial charge on any atom is 0.408 e. The molecule has 13 N–H and O–H groups in total. The van der Waals surface area contributed by atoms with E-state index in [4.69, 9.17) is 18.9 Å². The van der Waals surface area contributed by atoms with E-state index in [1.807, 2.05) is 0 Å². The lowest BCUT2D eigenvalue weighted by Crippen LogP contribution is -2.48. The van der Waals surface area contributed by atoms with Crippen molar-refractivity contribution in [2.75, 3.05) is 31.9 Å². The summed E-state index contributed by atoms with van der Waals surface area (Å²) in [6, 6.07) is 38.3. The lowest BCUT2D eigenvalue weighted by Gasteiger charge is -2.25. The van der Waals surface area contributed by atoms with Crippen LogP contribution in [0.5, 0.6) is 0 Å². The Morgan fingerprint density at radius 3 is 0.667 bits per heavy atom. The molecule has 0 aliphatic carbocycles. The average Bonchev–Trinajstić information content (AvgIpc) is 0.824. The third-order valence-corrected chi connectivity index (χ3v) is 16.8. The Bertz CT molecular complexity index is 4210. The van der Waals surface area contributed by atoms with Crippen molar-refractivity contribution in [2.45, 2.75) is 195 Å². The number of carboxylic acids is 1. The van der Waals surface area contributed by atoms with Crippen molar-refractivity contribution in [2.24, 2.45) is 11.8 Å². The number of nitrogens with one attached hydrogen (secondary N) is 12. The van der Waals surface area contributed by atoms with Crippen LogP contribution in [0.3, 0.4) is 0 Å². The van der Waals surface area contributed by atoms with Crippen LogP contribution in [0, 0.1) is 11.8 Å². The molecule has 0 fully saturated rings. The van der Waals surface area contributed by atoms with Crippen molar-refractivity contribution in [3.63, 3.8) is 0 Å². The molecule has 0 aliphatic rings. The lowest BCUT2D eigenvalue weighted by atomic mass is 10.0. The maximum absolute atomic E-state index is 14.8. The molecular weight excluding hydrogens is 1500 g/mol. The summed E-state index contributed by atoms with van der Waals surface area (Å²) < 4.78 is 22.1. The van der Waals surface area contributed by atoms with Crippen molar-refractivity contribution in [3.8, 4) is 0 Å². The van der Waals surface area contributed by atoms with E-state index in [0.717, 1.165) is 12.1 Å². The maximum atomic E-state index is 14.8. The monoisotopic (exact) mass is 1610 g/mol. The number of hydrogen-bond acceptors (Lipinski definition) is 17. The van der Waals surface area contributed by atoms with Gasteiger partial charge in [-0.15, -0.1) is 0 Å². The van der Waals surface area contributed by atoms with Crippen LogP contribution in [0.4, 0.5) is 53.3 Å². The molecule has 117 heavy (non-hydrogen) atoms. The smallest absolute Gasteiger partial charge is 0.408 e. The van der Waals surface area contributed by atoms with Gasteiger partial charge in [-0.3, -0.25) is 38.4 Å². The van der Waals surface area contributed by atoms with Gasteiger partial charge in [-0.05, 0) is 172 Å². The Morgan fingerprint density at radius 1 is 0.282 bits per heavy atom. The van der Waals surface area contributed by atoms with E-state index in [0.29, 0.717) is 22.3 Å². The number of alkyl carbamates (subject to hydrolysis) is 4. The molecule has 7 aromatic rings. The Balaban J connectivity index is 1.18. The van der Waals surface area contributed by atoms with Gasteiger partial charge >= 0.3 is 30.3 Å². The number of aromatic carboxylic acids is 1. The molecule has 622 valence electrons. The summed E-state index contributed by atoms with van der Waals surface area (Å²) in [5.41, 5.74) is -2.76. The molecule has 0 unspecified atom stereocenters. The molecule has 7 aromatic carbocycles. The van der Waals surface area contributed by atoms with Crippen molar-refractivity contribution in [1.29, 1.82) is 0 Å². The van der Waals surface area contributed by atoms with E-state index in [-0.39, 0.29) is 70.9 Å². The van der Waals surface area contributed by atoms with Crippen LogP contribution >= 0.6 is 0 Å². The first kappa shape index (κ1) is 91.0. The van der Waals surface area contributed by atoms with E-state index in [9.17, 15) is 67.4 Å². The quantitative estimate of drug-likeness (QED) is 0.0180. The minimum atomic E-state index is -1.49. The van der Waals surface area contributed by atoms with Crippen LogP contribution in [0.1, 0.15) is 164 Å². The van der Waals surface area contributed by atoms with Gasteiger partial charge in [0.1, 0.15) is 58.7 Å². The van der Waals surface area contributed by atoms with Crippen LogP contribution in [0.15, 0.2) is 176 Å². The summed E-state index contributed by atoms with van der Waals surface area (Å²) in [4.78, 5) is 183. The molecule has 0 aliphatic heterocycles. The summed E-state index contributed by atoms with van der Waals surface area (Å²) in [7, 11) is 0. The molecule has 30 heteroatoms. The summed E-state index contributed by atoms with van der Waals surface area (Å²) in [5, 5.41) is 42.7. The third-order valence-electron chi connectivity index (χ3n) is 16.8. The molecule has 0 radical (unpaired) electrons. The van der Waals surface area contributed by atoms with Gasteiger partial charge in [-0.1, -0.05) is 149 Å². The first-order chi connectivity index (χ1) is 54.8. The van der Waals surface area contributed by atoms with Gasteiger partial charge in [-0.25, -0.2) is 24.0 Å². The largest absolute Gasteiger partial charge is 0.478 e. The number of amides is 12. The predicted molar refractivity (Wildman–Crippen MR) is 443 cm³/mol. The number of ether oxygens (including phenoxy) is 4. The number of carbonyl (C=O) groups is 13. The summed E-state index contributed by atoms with van der Waals surface area (Å²) in [5.74, 6) is -9.66. The van der Waals surface area contributed by atoms with Crippen molar-refractivity contribution < 1.29 is 86.4 Å². The highest BCUT2D eigenvalue weighted by Crippen LogP contribution is 2.27. The zero-order chi connectivity index (χ0) is 86.3. The second kappa shape index (κ2) is 40.7. The summed E-state index contributed by atoms with van der Waals surface area (Å²) >= 11 is 0. The number of carbonyl (C=O) groups excluding carboxylic acids is 12. The molecule has 30 nitrogen and oxygen atoms in total. The molecule has 12 amide bonds. The average molecular weight is 1610 g/mol. The van der Waals surface area contributed by atoms with Crippen molar-refractivity contribution in [3.05, 3.63) is 215 Å². The molecule has 0 bridgehead atoms. The molecule has 0 aromatic heterocycles. The molecule has 0 heterocycles. The zero-order valence-electron chi connectivity index (χ0n) is 68.6. The standard InChI is InChI=1S/C87H106N12O18/c1-50(2)69(98-71(100)56-41-59(88-73(102)65(37-52-29-21-17-22-30-52)94-80(110)114-84(5,6)7)47-60(42-56)89-74(103)66(38-53-31-23-18-24-32-53)95-81(111)115-85(8,9)10)77(106)92-63-45-58(79(108)109)46-64(49-63)93-78(107)70(51(3)4)99-72(101)57-43-61(90-75(104)67(39-54-33-25-19-26-34-54)96-82(112)116-86(11,12)13)48-62(44-57)91-76(105)68(40-55-35-27-20-28-36-55)97-83(113)117-87(14,15)16/h17-36,41-51,65-70H,37-40H2,1-16H3,(H,88,102)(H,89,103)(H,90,104)(H,91,105)(H,92,106)(H,93,107)(H,94,110)(H,95,111)(H,96,112)(H,97,113)(H,98,100)(H,99,101)(H,108,109)/t65-,66-,67-,68-,69-,70-/m0/s1. The molecule has 0 spiro atoms. The highest BCUT2D eigenvalue weighted by Gasteiger charge is 2.34. The second-order valence-electron chi connectivity index (χ2n) is 32.6. The fourth-order valence-electron chi connectivity index (χ4n) is 11.6. The van der Waals surface area contributed by atoms with Gasteiger partial charge in [0, 0.05) is 70.9 Å². The van der Waals surface area contributed by atoms with Crippen LogP contribution in [-0.4, -0.2) is 141 Å². The topological polar surface area (TPSA) is 423 Å². The SMILES string of the molecule is CC(C)[C@H](NC(=O)c1cc(NC(=O)[C@H](Cc2ccccc2)NC(=O)OC(C)(C)C)cc(NC(=O)[C@H](Cc2ccccc2)NC(=O)OC(C)(C)C)c1)C(=O)Nc1cc(NC(=O)[C@@H](NC(=O)c2cc(NC(=O)[C@H](Cc3ccccc3)NC(=O)OC(C)(C)C)cc(NC(=O)[C@H](Cc3ccccc3)NC(=O)OC(C)(C)C)c2)C(C)C)cc(C(=O)O)c1. The highest BCUT2D eigenvalue weighted by atomic mass is 16.6. The Morgan fingerprint density at radius 2 is 0.479 bits per heavy atom. The van der Waals surface area contributed by atoms with E-state index >= 15 is 0 Å². The molecule has 0 saturated heterocycles. The highest BCUT2D eigenvalue weighted by molar-refractivity contribution is 6.08. The van der Waals surface area contributed by atoms with Gasteiger partial charge in [0.2, 0.25) is 35.4 Å². The number of anilines is 6. The predicted octanol–water partition coefficient (Wildman–Crippen LogP) is 12.5. The zero-order valence-corrected chi connectivity index (χ0v) is 68.6. The molecule has 6 atom stereocenters. The van der Waals surface area contributed by atoms with E-state index in [1.165, 1.54) is 42.5 Å². The fraction of sp³-hybridized carbons (Fsp3) is 0.368. The lowest BCUT2D eigenvalue weighted by molar-refractivity contribution is -0.119. The number of hydrogen-bond donors (Lipinski definition) is 13. The van der Waals surface area contributed by atoms with Crippen LogP contribution < -0.4 is 63.8 Å². The van der Waals surface area contributed by atoms with Gasteiger partial charge in [0.25, 0.3) is 11.8 Å². The number of carboxylic acid groups (broad SMARTS) is 1. The minimum Gasteiger partial charge on any atom is -0.478 e.